The summed E-state index contributed by atoms with van der Waals surface area (Å²) in [5, 5.41) is 2.80. The monoisotopic (exact) mass is 403 g/mol. The second kappa shape index (κ2) is 8.20. The number of hydrogen-bond donors (Lipinski definition) is 1. The van der Waals surface area contributed by atoms with E-state index < -0.39 is 10.0 Å². The van der Waals surface area contributed by atoms with Crippen molar-refractivity contribution in [3.8, 4) is 5.75 Å². The number of fused-ring (bicyclic) bond motifs is 1. The fraction of sp³-hybridized carbons (Fsp3) is 0.350. The van der Waals surface area contributed by atoms with Gasteiger partial charge in [-0.25, -0.2) is 12.7 Å². The average molecular weight is 404 g/mol. The number of sulfonamides is 1. The Bertz CT molecular complexity index is 973. The number of carbonyl (C=O) groups excluding carboxylic acids is 1. The van der Waals surface area contributed by atoms with E-state index in [9.17, 15) is 13.2 Å². The number of amides is 1. The second-order valence-electron chi connectivity index (χ2n) is 6.85. The van der Waals surface area contributed by atoms with E-state index in [-0.39, 0.29) is 17.3 Å². The lowest BCUT2D eigenvalue weighted by Gasteiger charge is -2.30. The summed E-state index contributed by atoms with van der Waals surface area (Å²) in [4.78, 5) is 14.8. The molecule has 0 atom stereocenters. The van der Waals surface area contributed by atoms with E-state index in [4.69, 9.17) is 4.74 Å². The zero-order chi connectivity index (χ0) is 20.3. The van der Waals surface area contributed by atoms with Gasteiger partial charge in [0.05, 0.1) is 24.2 Å². The van der Waals surface area contributed by atoms with E-state index in [1.807, 2.05) is 23.1 Å². The normalized spacial score (nSPS) is 13.9. The second-order valence-corrected chi connectivity index (χ2v) is 9.00. The molecule has 1 heterocycles. The molecular weight excluding hydrogens is 378 g/mol. The molecule has 3 rings (SSSR count). The number of benzene rings is 2. The largest absolute Gasteiger partial charge is 0.495 e. The lowest BCUT2D eigenvalue weighted by Crippen LogP contribution is -2.36. The van der Waals surface area contributed by atoms with E-state index in [1.165, 1.54) is 38.9 Å². The van der Waals surface area contributed by atoms with Gasteiger partial charge >= 0.3 is 0 Å². The van der Waals surface area contributed by atoms with Gasteiger partial charge in [-0.05, 0) is 42.7 Å². The fourth-order valence-corrected chi connectivity index (χ4v) is 4.22. The zero-order valence-corrected chi connectivity index (χ0v) is 17.1. The third-order valence-electron chi connectivity index (χ3n) is 4.76. The van der Waals surface area contributed by atoms with Gasteiger partial charge in [-0.15, -0.1) is 0 Å². The van der Waals surface area contributed by atoms with E-state index >= 15 is 0 Å². The van der Waals surface area contributed by atoms with Crippen molar-refractivity contribution in [3.63, 3.8) is 0 Å². The van der Waals surface area contributed by atoms with E-state index in [2.05, 4.69) is 11.4 Å². The number of para-hydroxylation sites is 1. The predicted molar refractivity (Wildman–Crippen MR) is 109 cm³/mol. The molecule has 1 amide bonds. The van der Waals surface area contributed by atoms with Crippen LogP contribution in [0, 0.1) is 0 Å². The lowest BCUT2D eigenvalue weighted by atomic mass is 10.0. The molecule has 1 N–H and O–H groups in total. The Labute approximate surface area is 166 Å². The summed E-state index contributed by atoms with van der Waals surface area (Å²) in [6, 6.07) is 12.5. The SMILES string of the molecule is COc1ccc(S(=O)(=O)N(C)C)cc1NC(=O)CN1CCCc2ccccc21. The van der Waals surface area contributed by atoms with Gasteiger partial charge in [0.15, 0.2) is 0 Å². The number of hydrogen-bond acceptors (Lipinski definition) is 5. The summed E-state index contributed by atoms with van der Waals surface area (Å²) in [5.74, 6) is 0.180. The molecule has 0 fully saturated rings. The van der Waals surface area contributed by atoms with Gasteiger partial charge in [-0.3, -0.25) is 4.79 Å². The number of nitrogens with zero attached hydrogens (tertiary/aromatic N) is 2. The molecule has 1 aliphatic heterocycles. The molecule has 0 aromatic heterocycles. The highest BCUT2D eigenvalue weighted by Crippen LogP contribution is 2.29. The standard InChI is InChI=1S/C20H25N3O4S/c1-22(2)28(25,26)16-10-11-19(27-3)17(13-16)21-20(24)14-23-12-6-8-15-7-4-5-9-18(15)23/h4-5,7,9-11,13H,6,8,12,14H2,1-3H3,(H,21,24). The van der Waals surface area contributed by atoms with Crippen molar-refractivity contribution in [2.45, 2.75) is 17.7 Å². The fourth-order valence-electron chi connectivity index (χ4n) is 3.29. The number of anilines is 2. The molecule has 2 aromatic rings. The van der Waals surface area contributed by atoms with Crippen LogP contribution in [-0.4, -0.2) is 52.9 Å². The van der Waals surface area contributed by atoms with Gasteiger partial charge in [0.25, 0.3) is 0 Å². The minimum atomic E-state index is -3.61. The molecule has 0 spiro atoms. The van der Waals surface area contributed by atoms with Crippen molar-refractivity contribution in [1.82, 2.24) is 4.31 Å². The summed E-state index contributed by atoms with van der Waals surface area (Å²) < 4.78 is 31.2. The molecule has 0 bridgehead atoms. The van der Waals surface area contributed by atoms with Gasteiger partial charge in [0.2, 0.25) is 15.9 Å². The third-order valence-corrected chi connectivity index (χ3v) is 6.58. The molecule has 2 aromatic carbocycles. The first-order valence-corrected chi connectivity index (χ1v) is 10.5. The molecule has 0 saturated heterocycles. The van der Waals surface area contributed by atoms with E-state index in [1.54, 1.807) is 6.07 Å². The Morgan fingerprint density at radius 3 is 2.68 bits per heavy atom. The van der Waals surface area contributed by atoms with Crippen LogP contribution in [0.2, 0.25) is 0 Å². The first kappa shape index (κ1) is 20.2. The van der Waals surface area contributed by atoms with Crippen molar-refractivity contribution in [1.29, 1.82) is 0 Å². The Morgan fingerprint density at radius 1 is 1.21 bits per heavy atom. The maximum atomic E-state index is 12.7. The van der Waals surface area contributed by atoms with Gasteiger partial charge < -0.3 is 15.0 Å². The third kappa shape index (κ3) is 4.13. The summed E-state index contributed by atoms with van der Waals surface area (Å²) in [7, 11) is 0.795. The van der Waals surface area contributed by atoms with Crippen LogP contribution in [-0.2, 0) is 21.2 Å². The molecule has 0 radical (unpaired) electrons. The van der Waals surface area contributed by atoms with Crippen LogP contribution in [0.1, 0.15) is 12.0 Å². The van der Waals surface area contributed by atoms with Crippen molar-refractivity contribution >= 4 is 27.3 Å². The minimum Gasteiger partial charge on any atom is -0.495 e. The Hall–Kier alpha value is -2.58. The van der Waals surface area contributed by atoms with Gasteiger partial charge in [-0.1, -0.05) is 18.2 Å². The van der Waals surface area contributed by atoms with Crippen LogP contribution in [0.15, 0.2) is 47.4 Å². The summed E-state index contributed by atoms with van der Waals surface area (Å²) in [6.07, 6.45) is 2.00. The van der Waals surface area contributed by atoms with E-state index in [0.29, 0.717) is 11.4 Å². The van der Waals surface area contributed by atoms with Crippen LogP contribution < -0.4 is 15.0 Å². The van der Waals surface area contributed by atoms with Crippen LogP contribution in [0.3, 0.4) is 0 Å². The molecule has 150 valence electrons. The molecule has 7 nitrogen and oxygen atoms in total. The first-order valence-electron chi connectivity index (χ1n) is 9.06. The predicted octanol–water partition coefficient (Wildman–Crippen LogP) is 2.34. The number of methoxy groups -OCH3 is 1. The summed E-state index contributed by atoms with van der Waals surface area (Å²) in [5.41, 5.74) is 2.64. The Morgan fingerprint density at radius 2 is 1.96 bits per heavy atom. The highest BCUT2D eigenvalue weighted by Gasteiger charge is 2.22. The number of rotatable bonds is 6. The van der Waals surface area contributed by atoms with Crippen LogP contribution in [0.4, 0.5) is 11.4 Å². The molecule has 0 aliphatic carbocycles. The molecule has 28 heavy (non-hydrogen) atoms. The van der Waals surface area contributed by atoms with Crippen LogP contribution in [0.25, 0.3) is 0 Å². The summed E-state index contributed by atoms with van der Waals surface area (Å²) in [6.45, 7) is 0.988. The quantitative estimate of drug-likeness (QED) is 0.801. The average Bonchev–Trinajstić information content (AvgIpc) is 2.68. The minimum absolute atomic E-state index is 0.0944. The molecule has 1 aliphatic rings. The van der Waals surface area contributed by atoms with Crippen molar-refractivity contribution in [3.05, 3.63) is 48.0 Å². The first-order chi connectivity index (χ1) is 13.3. The highest BCUT2D eigenvalue weighted by atomic mass is 32.2. The van der Waals surface area contributed by atoms with Crippen LogP contribution in [0.5, 0.6) is 5.75 Å². The van der Waals surface area contributed by atoms with Gasteiger partial charge in [0.1, 0.15) is 5.75 Å². The van der Waals surface area contributed by atoms with Crippen molar-refractivity contribution in [2.75, 3.05) is 44.5 Å². The molecule has 8 heteroatoms. The van der Waals surface area contributed by atoms with Crippen molar-refractivity contribution < 1.29 is 17.9 Å². The Balaban J connectivity index is 1.81. The van der Waals surface area contributed by atoms with E-state index in [0.717, 1.165) is 29.4 Å². The lowest BCUT2D eigenvalue weighted by molar-refractivity contribution is -0.115. The highest BCUT2D eigenvalue weighted by molar-refractivity contribution is 7.89. The van der Waals surface area contributed by atoms with Gasteiger partial charge in [0, 0.05) is 26.3 Å². The number of nitrogens with one attached hydrogen (secondary N) is 1. The molecular formula is C20H25N3O4S. The zero-order valence-electron chi connectivity index (χ0n) is 16.3. The topological polar surface area (TPSA) is 79.0 Å². The number of ether oxygens (including phenoxy) is 1. The number of aryl methyl sites for hydroxylation is 1. The Kier molecular flexibility index (Phi) is 5.90. The van der Waals surface area contributed by atoms with Crippen molar-refractivity contribution in [2.24, 2.45) is 0 Å². The van der Waals surface area contributed by atoms with Crippen LogP contribution >= 0.6 is 0 Å². The molecule has 0 saturated carbocycles. The smallest absolute Gasteiger partial charge is 0.243 e. The van der Waals surface area contributed by atoms with Gasteiger partial charge in [-0.2, -0.15) is 0 Å². The molecule has 0 unspecified atom stereocenters. The maximum absolute atomic E-state index is 12.7. The number of carbonyl (C=O) groups is 1. The summed E-state index contributed by atoms with van der Waals surface area (Å²) >= 11 is 0. The maximum Gasteiger partial charge on any atom is 0.243 e.